The molecule has 4 heterocycles. The SMILES string of the molecule is CCCCc1oc2ccccc2c1C(=O)N1CCN2CCC1CC2. The lowest BCUT2D eigenvalue weighted by molar-refractivity contribution is 0.0684. The van der Waals surface area contributed by atoms with Crippen LogP contribution in [0.25, 0.3) is 11.0 Å². The Kier molecular flexibility index (Phi) is 4.31. The molecule has 3 saturated heterocycles. The smallest absolute Gasteiger partial charge is 0.258 e. The molecule has 0 spiro atoms. The number of unbranched alkanes of at least 4 members (excludes halogenated alkanes) is 1. The number of benzene rings is 1. The highest BCUT2D eigenvalue weighted by atomic mass is 16.3. The third-order valence-electron chi connectivity index (χ3n) is 5.56. The van der Waals surface area contributed by atoms with Crippen LogP contribution in [0.5, 0.6) is 0 Å². The molecule has 3 aliphatic rings. The fraction of sp³-hybridized carbons (Fsp3) is 0.550. The monoisotopic (exact) mass is 326 g/mol. The van der Waals surface area contributed by atoms with E-state index >= 15 is 0 Å². The largest absolute Gasteiger partial charge is 0.460 e. The van der Waals surface area contributed by atoms with Gasteiger partial charge in [0.1, 0.15) is 11.3 Å². The van der Waals surface area contributed by atoms with E-state index in [1.54, 1.807) is 0 Å². The molecule has 0 saturated carbocycles. The van der Waals surface area contributed by atoms with Gasteiger partial charge < -0.3 is 14.2 Å². The molecule has 0 atom stereocenters. The molecule has 5 rings (SSSR count). The van der Waals surface area contributed by atoms with Gasteiger partial charge >= 0.3 is 0 Å². The van der Waals surface area contributed by atoms with E-state index in [1.807, 2.05) is 24.3 Å². The van der Waals surface area contributed by atoms with Crippen LogP contribution in [0.2, 0.25) is 0 Å². The number of hydrogen-bond acceptors (Lipinski definition) is 3. The Morgan fingerprint density at radius 1 is 1.17 bits per heavy atom. The highest BCUT2D eigenvalue weighted by Gasteiger charge is 2.34. The van der Waals surface area contributed by atoms with E-state index in [9.17, 15) is 4.79 Å². The number of carbonyl (C=O) groups is 1. The lowest BCUT2D eigenvalue weighted by Gasteiger charge is -2.31. The first-order valence-corrected chi connectivity index (χ1v) is 9.31. The number of fused-ring (bicyclic) bond motifs is 5. The predicted octanol–water partition coefficient (Wildman–Crippen LogP) is 3.70. The van der Waals surface area contributed by atoms with Crippen LogP contribution in [0.1, 0.15) is 48.7 Å². The van der Waals surface area contributed by atoms with Gasteiger partial charge in [-0.15, -0.1) is 0 Å². The zero-order chi connectivity index (χ0) is 16.5. The van der Waals surface area contributed by atoms with Gasteiger partial charge in [-0.3, -0.25) is 4.79 Å². The molecule has 1 amide bonds. The number of hydrogen-bond donors (Lipinski definition) is 0. The van der Waals surface area contributed by atoms with Gasteiger partial charge in [-0.25, -0.2) is 0 Å². The van der Waals surface area contributed by atoms with Crippen LogP contribution in [0, 0.1) is 0 Å². The summed E-state index contributed by atoms with van der Waals surface area (Å²) >= 11 is 0. The van der Waals surface area contributed by atoms with Crippen molar-refractivity contribution in [1.82, 2.24) is 9.80 Å². The van der Waals surface area contributed by atoms with E-state index in [0.29, 0.717) is 6.04 Å². The van der Waals surface area contributed by atoms with Gasteiger partial charge in [0.05, 0.1) is 5.56 Å². The van der Waals surface area contributed by atoms with Crippen LogP contribution in [0.3, 0.4) is 0 Å². The number of aryl methyl sites for hydroxylation is 1. The summed E-state index contributed by atoms with van der Waals surface area (Å²) in [6.07, 6.45) is 5.21. The summed E-state index contributed by atoms with van der Waals surface area (Å²) in [7, 11) is 0. The highest BCUT2D eigenvalue weighted by molar-refractivity contribution is 6.07. The number of amides is 1. The minimum atomic E-state index is 0.180. The van der Waals surface area contributed by atoms with Crippen molar-refractivity contribution in [3.8, 4) is 0 Å². The Morgan fingerprint density at radius 3 is 2.75 bits per heavy atom. The second-order valence-corrected chi connectivity index (χ2v) is 7.07. The van der Waals surface area contributed by atoms with Gasteiger partial charge in [-0.1, -0.05) is 31.5 Å². The van der Waals surface area contributed by atoms with Crippen LogP contribution in [0.15, 0.2) is 28.7 Å². The standard InChI is InChI=1S/C20H26N2O2/c1-2-3-7-18-19(16-6-4-5-8-17(16)24-18)20(23)22-14-13-21-11-9-15(22)10-12-21/h4-6,8,15H,2-3,7,9-14H2,1H3. The minimum Gasteiger partial charge on any atom is -0.460 e. The summed E-state index contributed by atoms with van der Waals surface area (Å²) in [5, 5.41) is 0.979. The molecule has 2 aromatic rings. The van der Waals surface area contributed by atoms with Crippen LogP contribution < -0.4 is 0 Å². The van der Waals surface area contributed by atoms with Crippen LogP contribution in [-0.4, -0.2) is 47.9 Å². The minimum absolute atomic E-state index is 0.180. The second kappa shape index (κ2) is 6.60. The fourth-order valence-corrected chi connectivity index (χ4v) is 4.14. The zero-order valence-electron chi connectivity index (χ0n) is 14.5. The molecule has 0 aliphatic carbocycles. The van der Waals surface area contributed by atoms with Crippen LogP contribution in [0.4, 0.5) is 0 Å². The van der Waals surface area contributed by atoms with E-state index in [4.69, 9.17) is 4.42 Å². The average molecular weight is 326 g/mol. The van der Waals surface area contributed by atoms with Crippen LogP contribution >= 0.6 is 0 Å². The van der Waals surface area contributed by atoms with E-state index in [-0.39, 0.29) is 5.91 Å². The molecule has 2 bridgehead atoms. The van der Waals surface area contributed by atoms with Gasteiger partial charge in [0.2, 0.25) is 0 Å². The summed E-state index contributed by atoms with van der Waals surface area (Å²) in [6, 6.07) is 8.37. The Hall–Kier alpha value is -1.81. The van der Waals surface area contributed by atoms with Crippen molar-refractivity contribution in [2.24, 2.45) is 0 Å². The lowest BCUT2D eigenvalue weighted by Crippen LogP contribution is -2.41. The maximum absolute atomic E-state index is 13.4. The van der Waals surface area contributed by atoms with Gasteiger partial charge in [0.15, 0.2) is 0 Å². The molecule has 3 fully saturated rings. The molecule has 128 valence electrons. The highest BCUT2D eigenvalue weighted by Crippen LogP contribution is 2.31. The van der Waals surface area contributed by atoms with Crippen LogP contribution in [-0.2, 0) is 6.42 Å². The summed E-state index contributed by atoms with van der Waals surface area (Å²) in [5.41, 5.74) is 1.66. The Bertz CT molecular complexity index is 728. The van der Waals surface area contributed by atoms with Crippen molar-refractivity contribution in [2.75, 3.05) is 26.2 Å². The first kappa shape index (κ1) is 15.7. The molecular weight excluding hydrogens is 300 g/mol. The molecule has 0 N–H and O–H groups in total. The summed E-state index contributed by atoms with van der Waals surface area (Å²) in [6.45, 7) is 6.27. The van der Waals surface area contributed by atoms with Crippen molar-refractivity contribution in [3.63, 3.8) is 0 Å². The van der Waals surface area contributed by atoms with Crippen molar-refractivity contribution < 1.29 is 9.21 Å². The molecule has 3 aliphatic heterocycles. The maximum atomic E-state index is 13.4. The van der Waals surface area contributed by atoms with Crippen molar-refractivity contribution in [1.29, 1.82) is 0 Å². The molecule has 1 aromatic carbocycles. The summed E-state index contributed by atoms with van der Waals surface area (Å²) < 4.78 is 6.07. The van der Waals surface area contributed by atoms with E-state index in [1.165, 1.54) is 0 Å². The molecule has 1 aromatic heterocycles. The van der Waals surface area contributed by atoms with Crippen molar-refractivity contribution in [3.05, 3.63) is 35.6 Å². The maximum Gasteiger partial charge on any atom is 0.258 e. The van der Waals surface area contributed by atoms with Gasteiger partial charge in [-0.05, 0) is 25.3 Å². The average Bonchev–Trinajstić information content (AvgIpc) is 2.73. The van der Waals surface area contributed by atoms with E-state index in [0.717, 1.165) is 80.6 Å². The predicted molar refractivity (Wildman–Crippen MR) is 95.3 cm³/mol. The van der Waals surface area contributed by atoms with Gasteiger partial charge in [-0.2, -0.15) is 0 Å². The number of furan rings is 1. The van der Waals surface area contributed by atoms with Crippen molar-refractivity contribution in [2.45, 2.75) is 45.1 Å². The number of carbonyl (C=O) groups excluding carboxylic acids is 1. The second-order valence-electron chi connectivity index (χ2n) is 7.07. The molecule has 0 unspecified atom stereocenters. The first-order valence-electron chi connectivity index (χ1n) is 9.31. The third-order valence-corrected chi connectivity index (χ3v) is 5.56. The van der Waals surface area contributed by atoms with Crippen molar-refractivity contribution >= 4 is 16.9 Å². The number of piperidine rings is 1. The zero-order valence-corrected chi connectivity index (χ0v) is 14.5. The van der Waals surface area contributed by atoms with E-state index < -0.39 is 0 Å². The Morgan fingerprint density at radius 2 is 1.96 bits per heavy atom. The summed E-state index contributed by atoms with van der Waals surface area (Å²) in [5.74, 6) is 1.06. The first-order chi connectivity index (χ1) is 11.8. The third kappa shape index (κ3) is 2.73. The number of nitrogens with zero attached hydrogens (tertiary/aromatic N) is 2. The normalized spacial score (nSPS) is 23.6. The van der Waals surface area contributed by atoms with Gasteiger partial charge in [0, 0.05) is 44.0 Å². The molecule has 0 radical (unpaired) electrons. The molecule has 24 heavy (non-hydrogen) atoms. The number of para-hydroxylation sites is 1. The summed E-state index contributed by atoms with van der Waals surface area (Å²) in [4.78, 5) is 18.1. The molecule has 4 heteroatoms. The molecular formula is C20H26N2O2. The topological polar surface area (TPSA) is 36.7 Å². The Labute approximate surface area is 143 Å². The molecule has 4 nitrogen and oxygen atoms in total. The van der Waals surface area contributed by atoms with E-state index in [2.05, 4.69) is 16.7 Å². The lowest BCUT2D eigenvalue weighted by atomic mass is 10.0. The fourth-order valence-electron chi connectivity index (χ4n) is 4.14. The number of rotatable bonds is 4. The van der Waals surface area contributed by atoms with Gasteiger partial charge in [0.25, 0.3) is 5.91 Å². The Balaban J connectivity index is 1.72. The quantitative estimate of drug-likeness (QED) is 0.860.